The van der Waals surface area contributed by atoms with Gasteiger partial charge in [0.15, 0.2) is 0 Å². The first-order valence-electron chi connectivity index (χ1n) is 6.61. The van der Waals surface area contributed by atoms with Crippen LogP contribution in [0.15, 0.2) is 42.5 Å². The number of carbonyl (C=O) groups excluding carboxylic acids is 1. The lowest BCUT2D eigenvalue weighted by molar-refractivity contribution is -0.385. The highest BCUT2D eigenvalue weighted by Crippen LogP contribution is 2.45. The van der Waals surface area contributed by atoms with Crippen LogP contribution in [0, 0.1) is 21.7 Å². The number of hydrogen-bond donors (Lipinski definition) is 0. The zero-order valence-corrected chi connectivity index (χ0v) is 12.4. The maximum absolute atomic E-state index is 14.0. The van der Waals surface area contributed by atoms with Crippen molar-refractivity contribution < 1.29 is 18.5 Å². The topological polar surface area (TPSA) is 63.4 Å². The van der Waals surface area contributed by atoms with E-state index in [0.717, 1.165) is 28.8 Å². The number of nitro groups is 1. The molecule has 2 aromatic rings. The van der Waals surface area contributed by atoms with Gasteiger partial charge in [-0.3, -0.25) is 19.8 Å². The molecule has 1 aliphatic rings. The number of halogens is 2. The number of para-hydroxylation sites is 1. The Bertz CT molecular complexity index is 800. The van der Waals surface area contributed by atoms with Gasteiger partial charge < -0.3 is 0 Å². The zero-order chi connectivity index (χ0) is 16.6. The number of hydrogen-bond acceptors (Lipinski definition) is 4. The van der Waals surface area contributed by atoms with Gasteiger partial charge in [-0.05, 0) is 18.2 Å². The number of rotatable bonds is 3. The SMILES string of the molecule is O=C1CSC(c2ccccc2[N+](=O)[O-])N1c1ccc(F)cc1F. The van der Waals surface area contributed by atoms with Crippen LogP contribution in [0.3, 0.4) is 0 Å². The first-order chi connectivity index (χ1) is 11.0. The van der Waals surface area contributed by atoms with E-state index in [0.29, 0.717) is 11.6 Å². The van der Waals surface area contributed by atoms with Gasteiger partial charge in [0.05, 0.1) is 21.9 Å². The monoisotopic (exact) mass is 336 g/mol. The molecule has 1 heterocycles. The molecule has 0 saturated carbocycles. The summed E-state index contributed by atoms with van der Waals surface area (Å²) in [6.45, 7) is 0. The molecule has 0 aromatic heterocycles. The van der Waals surface area contributed by atoms with Crippen molar-refractivity contribution in [3.63, 3.8) is 0 Å². The summed E-state index contributed by atoms with van der Waals surface area (Å²) >= 11 is 1.16. The number of carbonyl (C=O) groups is 1. The summed E-state index contributed by atoms with van der Waals surface area (Å²) in [5.41, 5.74) is 0.0637. The van der Waals surface area contributed by atoms with Gasteiger partial charge in [-0.15, -0.1) is 11.8 Å². The van der Waals surface area contributed by atoms with Crippen molar-refractivity contribution in [3.8, 4) is 0 Å². The van der Waals surface area contributed by atoms with Gasteiger partial charge in [-0.1, -0.05) is 12.1 Å². The molecule has 118 valence electrons. The average Bonchev–Trinajstić information content (AvgIpc) is 2.89. The Morgan fingerprint density at radius 1 is 1.22 bits per heavy atom. The fraction of sp³-hybridized carbons (Fsp3) is 0.133. The third-order valence-corrected chi connectivity index (χ3v) is 4.63. The zero-order valence-electron chi connectivity index (χ0n) is 11.6. The molecule has 0 radical (unpaired) electrons. The van der Waals surface area contributed by atoms with Crippen molar-refractivity contribution in [3.05, 3.63) is 69.8 Å². The van der Waals surface area contributed by atoms with E-state index in [4.69, 9.17) is 0 Å². The lowest BCUT2D eigenvalue weighted by Gasteiger charge is -2.24. The molecule has 1 saturated heterocycles. The molecular weight excluding hydrogens is 326 g/mol. The van der Waals surface area contributed by atoms with E-state index in [2.05, 4.69) is 0 Å². The average molecular weight is 336 g/mol. The Morgan fingerprint density at radius 3 is 2.65 bits per heavy atom. The van der Waals surface area contributed by atoms with Crippen molar-refractivity contribution >= 4 is 29.0 Å². The molecule has 2 aromatic carbocycles. The second-order valence-corrected chi connectivity index (χ2v) is 5.91. The summed E-state index contributed by atoms with van der Waals surface area (Å²) in [7, 11) is 0. The van der Waals surface area contributed by atoms with Gasteiger partial charge in [-0.2, -0.15) is 0 Å². The second kappa shape index (κ2) is 5.96. The van der Waals surface area contributed by atoms with Crippen molar-refractivity contribution in [1.82, 2.24) is 0 Å². The van der Waals surface area contributed by atoms with Crippen molar-refractivity contribution in [2.45, 2.75) is 5.37 Å². The second-order valence-electron chi connectivity index (χ2n) is 4.84. The highest BCUT2D eigenvalue weighted by atomic mass is 32.2. The number of nitro benzene ring substituents is 1. The van der Waals surface area contributed by atoms with E-state index in [-0.39, 0.29) is 23.0 Å². The van der Waals surface area contributed by atoms with Crippen LogP contribution in [0.5, 0.6) is 0 Å². The van der Waals surface area contributed by atoms with Gasteiger partial charge >= 0.3 is 0 Å². The maximum Gasteiger partial charge on any atom is 0.275 e. The van der Waals surface area contributed by atoms with Crippen LogP contribution in [0.25, 0.3) is 0 Å². The van der Waals surface area contributed by atoms with Crippen LogP contribution in [-0.2, 0) is 4.79 Å². The summed E-state index contributed by atoms with van der Waals surface area (Å²) in [5, 5.41) is 10.5. The Labute approximate surface area is 134 Å². The number of nitrogens with zero attached hydrogens (tertiary/aromatic N) is 2. The predicted molar refractivity (Wildman–Crippen MR) is 82.1 cm³/mol. The summed E-state index contributed by atoms with van der Waals surface area (Å²) in [5.74, 6) is -1.96. The highest BCUT2D eigenvalue weighted by molar-refractivity contribution is 8.00. The normalized spacial score (nSPS) is 17.6. The molecule has 5 nitrogen and oxygen atoms in total. The van der Waals surface area contributed by atoms with Gasteiger partial charge in [0.2, 0.25) is 5.91 Å². The molecule has 0 aliphatic carbocycles. The van der Waals surface area contributed by atoms with Crippen LogP contribution in [0.1, 0.15) is 10.9 Å². The summed E-state index contributed by atoms with van der Waals surface area (Å²) in [4.78, 5) is 23.9. The summed E-state index contributed by atoms with van der Waals surface area (Å²) < 4.78 is 27.1. The number of amides is 1. The Balaban J connectivity index is 2.09. The molecule has 0 spiro atoms. The molecule has 1 unspecified atom stereocenters. The quantitative estimate of drug-likeness (QED) is 0.634. The Kier molecular flexibility index (Phi) is 3.99. The van der Waals surface area contributed by atoms with Gasteiger partial charge in [0.1, 0.15) is 17.0 Å². The van der Waals surface area contributed by atoms with Crippen LogP contribution < -0.4 is 4.90 Å². The van der Waals surface area contributed by atoms with E-state index in [9.17, 15) is 23.7 Å². The fourth-order valence-corrected chi connectivity index (χ4v) is 3.65. The van der Waals surface area contributed by atoms with Crippen molar-refractivity contribution in [1.29, 1.82) is 0 Å². The van der Waals surface area contributed by atoms with Crippen LogP contribution >= 0.6 is 11.8 Å². The minimum atomic E-state index is -0.885. The van der Waals surface area contributed by atoms with Gasteiger partial charge in [-0.25, -0.2) is 8.78 Å². The van der Waals surface area contributed by atoms with Crippen molar-refractivity contribution in [2.75, 3.05) is 10.7 Å². The third-order valence-electron chi connectivity index (χ3n) is 3.44. The first kappa shape index (κ1) is 15.4. The molecule has 23 heavy (non-hydrogen) atoms. The van der Waals surface area contributed by atoms with Gasteiger partial charge in [0.25, 0.3) is 5.69 Å². The van der Waals surface area contributed by atoms with E-state index < -0.39 is 21.9 Å². The van der Waals surface area contributed by atoms with Crippen molar-refractivity contribution in [2.24, 2.45) is 0 Å². The highest BCUT2D eigenvalue weighted by Gasteiger charge is 2.38. The summed E-state index contributed by atoms with van der Waals surface area (Å²) in [6, 6.07) is 8.89. The summed E-state index contributed by atoms with van der Waals surface area (Å²) in [6.07, 6.45) is 0. The number of anilines is 1. The lowest BCUT2D eigenvalue weighted by atomic mass is 10.1. The van der Waals surface area contributed by atoms with E-state index in [1.165, 1.54) is 18.2 Å². The van der Waals surface area contributed by atoms with Crippen LogP contribution in [-0.4, -0.2) is 16.6 Å². The maximum atomic E-state index is 14.0. The predicted octanol–water partition coefficient (Wildman–Crippen LogP) is 3.65. The molecular formula is C15H10F2N2O3S. The smallest absolute Gasteiger partial charge is 0.275 e. The largest absolute Gasteiger partial charge is 0.292 e. The molecule has 1 fully saturated rings. The van der Waals surface area contributed by atoms with E-state index in [1.807, 2.05) is 0 Å². The molecule has 0 N–H and O–H groups in total. The Hall–Kier alpha value is -2.48. The van der Waals surface area contributed by atoms with Gasteiger partial charge in [0, 0.05) is 12.1 Å². The minimum Gasteiger partial charge on any atom is -0.292 e. The number of thioether (sulfide) groups is 1. The molecule has 1 atom stereocenters. The number of benzene rings is 2. The first-order valence-corrected chi connectivity index (χ1v) is 7.66. The van der Waals surface area contributed by atoms with E-state index >= 15 is 0 Å². The lowest BCUT2D eigenvalue weighted by Crippen LogP contribution is -2.29. The third kappa shape index (κ3) is 2.77. The van der Waals surface area contributed by atoms with Crippen LogP contribution in [0.4, 0.5) is 20.2 Å². The van der Waals surface area contributed by atoms with Crippen LogP contribution in [0.2, 0.25) is 0 Å². The molecule has 3 rings (SSSR count). The fourth-order valence-electron chi connectivity index (χ4n) is 2.45. The van der Waals surface area contributed by atoms with E-state index in [1.54, 1.807) is 6.07 Å². The molecule has 8 heteroatoms. The molecule has 0 bridgehead atoms. The molecule has 1 aliphatic heterocycles. The minimum absolute atomic E-state index is 0.0630. The molecule has 1 amide bonds. The Morgan fingerprint density at radius 2 is 1.96 bits per heavy atom. The standard InChI is InChI=1S/C15H10F2N2O3S/c16-9-5-6-13(11(17)7-9)18-14(20)8-23-15(18)10-3-1-2-4-12(10)19(21)22/h1-7,15H,8H2.